The third-order valence-corrected chi connectivity index (χ3v) is 3.28. The molecule has 5 heteroatoms. The van der Waals surface area contributed by atoms with Crippen molar-refractivity contribution >= 4 is 12.3 Å². The first-order chi connectivity index (χ1) is 10.7. The Morgan fingerprint density at radius 1 is 1.23 bits per heavy atom. The lowest BCUT2D eigenvalue weighted by atomic mass is 10.1. The van der Waals surface area contributed by atoms with Crippen molar-refractivity contribution in [3.8, 4) is 5.75 Å². The van der Waals surface area contributed by atoms with Crippen molar-refractivity contribution in [1.82, 2.24) is 0 Å². The van der Waals surface area contributed by atoms with Gasteiger partial charge in [-0.15, -0.1) is 0 Å². The lowest BCUT2D eigenvalue weighted by molar-refractivity contribution is -0.145. The molecule has 5 nitrogen and oxygen atoms in total. The van der Waals surface area contributed by atoms with Crippen molar-refractivity contribution in [2.24, 2.45) is 0 Å². The predicted molar refractivity (Wildman–Crippen MR) is 79.8 cm³/mol. The molecule has 0 spiro atoms. The van der Waals surface area contributed by atoms with E-state index in [0.29, 0.717) is 24.7 Å². The van der Waals surface area contributed by atoms with Crippen molar-refractivity contribution in [1.29, 1.82) is 0 Å². The molecule has 0 bridgehead atoms. The Bertz CT molecular complexity index is 612. The highest BCUT2D eigenvalue weighted by Crippen LogP contribution is 2.14. The molecule has 0 saturated heterocycles. The number of benzene rings is 1. The summed E-state index contributed by atoms with van der Waals surface area (Å²) < 4.78 is 15.2. The topological polar surface area (TPSA) is 65.7 Å². The molecule has 0 unspecified atom stereocenters. The van der Waals surface area contributed by atoms with E-state index >= 15 is 0 Å². The summed E-state index contributed by atoms with van der Waals surface area (Å²) in [6, 6.07) is 9.37. The van der Waals surface area contributed by atoms with Crippen LogP contribution in [0.2, 0.25) is 0 Å². The molecular formula is C17H18O5. The zero-order chi connectivity index (χ0) is 15.8. The van der Waals surface area contributed by atoms with Gasteiger partial charge < -0.3 is 13.9 Å². The summed E-state index contributed by atoms with van der Waals surface area (Å²) in [7, 11) is 1.63. The van der Waals surface area contributed by atoms with Crippen LogP contribution >= 0.6 is 0 Å². The standard InChI is InChI=1S/C17H18O5/c1-20-15-7-5-13(6-8-15)3-2-4-17(19)22-12-14-9-10-21-16(14)11-18/h5-11H,2-4,12H2,1H3. The fourth-order valence-electron chi connectivity index (χ4n) is 2.03. The SMILES string of the molecule is COc1ccc(CCCC(=O)OCc2ccoc2C=O)cc1. The maximum atomic E-state index is 11.7. The van der Waals surface area contributed by atoms with Gasteiger partial charge in [0.05, 0.1) is 13.4 Å². The second-order valence-corrected chi connectivity index (χ2v) is 4.79. The van der Waals surface area contributed by atoms with Gasteiger partial charge in [-0.3, -0.25) is 9.59 Å². The number of ether oxygens (including phenoxy) is 2. The molecule has 0 atom stereocenters. The quantitative estimate of drug-likeness (QED) is 0.553. The van der Waals surface area contributed by atoms with Crippen LogP contribution < -0.4 is 4.74 Å². The van der Waals surface area contributed by atoms with Crippen LogP contribution in [-0.4, -0.2) is 19.4 Å². The molecule has 2 aromatic rings. The molecule has 1 heterocycles. The molecule has 0 radical (unpaired) electrons. The first kappa shape index (κ1) is 15.8. The van der Waals surface area contributed by atoms with Crippen molar-refractivity contribution in [2.75, 3.05) is 7.11 Å². The van der Waals surface area contributed by atoms with Crippen molar-refractivity contribution < 1.29 is 23.5 Å². The van der Waals surface area contributed by atoms with E-state index in [1.165, 1.54) is 6.26 Å². The zero-order valence-corrected chi connectivity index (χ0v) is 12.4. The van der Waals surface area contributed by atoms with Gasteiger partial charge in [0.1, 0.15) is 12.4 Å². The van der Waals surface area contributed by atoms with Crippen LogP contribution in [0.1, 0.15) is 34.5 Å². The number of carbonyl (C=O) groups is 2. The summed E-state index contributed by atoms with van der Waals surface area (Å²) in [5, 5.41) is 0. The molecule has 0 fully saturated rings. The van der Waals surface area contributed by atoms with E-state index in [0.717, 1.165) is 17.7 Å². The molecule has 116 valence electrons. The highest BCUT2D eigenvalue weighted by atomic mass is 16.5. The minimum Gasteiger partial charge on any atom is -0.497 e. The Kier molecular flexibility index (Phi) is 5.77. The van der Waals surface area contributed by atoms with Crippen LogP contribution in [0.15, 0.2) is 41.0 Å². The minimum absolute atomic E-state index is 0.0615. The fourth-order valence-corrected chi connectivity index (χ4v) is 2.03. The molecule has 0 amide bonds. The van der Waals surface area contributed by atoms with E-state index in [9.17, 15) is 9.59 Å². The second-order valence-electron chi connectivity index (χ2n) is 4.79. The third kappa shape index (κ3) is 4.48. The first-order valence-electron chi connectivity index (χ1n) is 7.03. The van der Waals surface area contributed by atoms with Gasteiger partial charge in [0.15, 0.2) is 12.0 Å². The van der Waals surface area contributed by atoms with E-state index in [2.05, 4.69) is 0 Å². The number of esters is 1. The zero-order valence-electron chi connectivity index (χ0n) is 12.4. The summed E-state index contributed by atoms with van der Waals surface area (Å²) >= 11 is 0. The Labute approximate surface area is 128 Å². The summed E-state index contributed by atoms with van der Waals surface area (Å²) in [5.41, 5.74) is 1.73. The molecular weight excluding hydrogens is 284 g/mol. The normalized spacial score (nSPS) is 10.2. The first-order valence-corrected chi connectivity index (χ1v) is 7.03. The summed E-state index contributed by atoms with van der Waals surface area (Å²) in [6.45, 7) is 0.0615. The summed E-state index contributed by atoms with van der Waals surface area (Å²) in [5.74, 6) is 0.729. The third-order valence-electron chi connectivity index (χ3n) is 3.28. The van der Waals surface area contributed by atoms with E-state index in [-0.39, 0.29) is 18.3 Å². The highest BCUT2D eigenvalue weighted by Gasteiger charge is 2.09. The monoisotopic (exact) mass is 302 g/mol. The number of aldehydes is 1. The van der Waals surface area contributed by atoms with E-state index in [4.69, 9.17) is 13.9 Å². The number of carbonyl (C=O) groups excluding carboxylic acids is 2. The molecule has 22 heavy (non-hydrogen) atoms. The molecule has 0 aliphatic rings. The van der Waals surface area contributed by atoms with Gasteiger partial charge in [-0.1, -0.05) is 12.1 Å². The fraction of sp³-hybridized carbons (Fsp3) is 0.294. The van der Waals surface area contributed by atoms with Crippen LogP contribution in [0, 0.1) is 0 Å². The van der Waals surface area contributed by atoms with E-state index < -0.39 is 0 Å². The largest absolute Gasteiger partial charge is 0.497 e. The lowest BCUT2D eigenvalue weighted by Gasteiger charge is -2.05. The van der Waals surface area contributed by atoms with Crippen molar-refractivity contribution in [3.63, 3.8) is 0 Å². The van der Waals surface area contributed by atoms with Gasteiger partial charge in [-0.2, -0.15) is 0 Å². The van der Waals surface area contributed by atoms with Gasteiger partial charge in [0.2, 0.25) is 0 Å². The molecule has 1 aromatic heterocycles. The van der Waals surface area contributed by atoms with Crippen LogP contribution in [0.25, 0.3) is 0 Å². The molecule has 0 aliphatic carbocycles. The predicted octanol–water partition coefficient (Wildman–Crippen LogP) is 3.17. The minimum atomic E-state index is -0.286. The van der Waals surface area contributed by atoms with E-state index in [1.54, 1.807) is 13.2 Å². The Balaban J connectivity index is 1.70. The summed E-state index contributed by atoms with van der Waals surface area (Å²) in [6.07, 6.45) is 3.84. The molecule has 2 rings (SSSR count). The van der Waals surface area contributed by atoms with Gasteiger partial charge in [0, 0.05) is 12.0 Å². The van der Waals surface area contributed by atoms with Gasteiger partial charge in [-0.25, -0.2) is 0 Å². The van der Waals surface area contributed by atoms with Crippen LogP contribution in [0.4, 0.5) is 0 Å². The molecule has 0 saturated carbocycles. The number of furan rings is 1. The average Bonchev–Trinajstić information content (AvgIpc) is 3.01. The van der Waals surface area contributed by atoms with Crippen molar-refractivity contribution in [3.05, 3.63) is 53.5 Å². The average molecular weight is 302 g/mol. The molecule has 1 aromatic carbocycles. The number of rotatable bonds is 8. The molecule has 0 N–H and O–H groups in total. The van der Waals surface area contributed by atoms with Gasteiger partial charge >= 0.3 is 5.97 Å². The van der Waals surface area contributed by atoms with Crippen LogP contribution in [0.5, 0.6) is 5.75 Å². The second kappa shape index (κ2) is 8.02. The van der Waals surface area contributed by atoms with Crippen molar-refractivity contribution in [2.45, 2.75) is 25.9 Å². The Hall–Kier alpha value is -2.56. The number of aryl methyl sites for hydroxylation is 1. The number of hydrogen-bond donors (Lipinski definition) is 0. The maximum absolute atomic E-state index is 11.7. The Morgan fingerprint density at radius 3 is 2.68 bits per heavy atom. The highest BCUT2D eigenvalue weighted by molar-refractivity contribution is 5.73. The van der Waals surface area contributed by atoms with Gasteiger partial charge in [-0.05, 0) is 36.6 Å². The number of methoxy groups -OCH3 is 1. The lowest BCUT2D eigenvalue weighted by Crippen LogP contribution is -2.05. The smallest absolute Gasteiger partial charge is 0.306 e. The van der Waals surface area contributed by atoms with E-state index in [1.807, 2.05) is 24.3 Å². The van der Waals surface area contributed by atoms with Crippen LogP contribution in [0.3, 0.4) is 0 Å². The maximum Gasteiger partial charge on any atom is 0.306 e. The van der Waals surface area contributed by atoms with Crippen LogP contribution in [-0.2, 0) is 22.6 Å². The molecule has 0 aliphatic heterocycles. The summed E-state index contributed by atoms with van der Waals surface area (Å²) in [4.78, 5) is 22.3. The van der Waals surface area contributed by atoms with Gasteiger partial charge in [0.25, 0.3) is 0 Å². The number of hydrogen-bond acceptors (Lipinski definition) is 5. The Morgan fingerprint density at radius 2 is 2.00 bits per heavy atom.